The lowest BCUT2D eigenvalue weighted by Crippen LogP contribution is -2.18. The number of benzene rings is 1. The van der Waals surface area contributed by atoms with Crippen LogP contribution in [0, 0.1) is 5.82 Å². The van der Waals surface area contributed by atoms with Gasteiger partial charge in [0.15, 0.2) is 9.84 Å². The lowest BCUT2D eigenvalue weighted by molar-refractivity contribution is 0.590. The third kappa shape index (κ3) is 1.72. The summed E-state index contributed by atoms with van der Waals surface area (Å²) in [4.78, 5) is 0. The summed E-state index contributed by atoms with van der Waals surface area (Å²) >= 11 is 0. The van der Waals surface area contributed by atoms with Crippen molar-refractivity contribution in [2.45, 2.75) is 12.2 Å². The monoisotopic (exact) mass is 200 g/mol. The first-order chi connectivity index (χ1) is 6.07. The Morgan fingerprint density at radius 3 is 2.77 bits per heavy atom. The molecule has 1 aliphatic heterocycles. The second kappa shape index (κ2) is 2.80. The standard InChI is InChI=1S/C9H9FO2S/c10-9-2-1-7-3-4-13(11,12)6-8(7)5-9/h1-2,5H,3-4,6H2. The van der Waals surface area contributed by atoms with Crippen LogP contribution in [0.4, 0.5) is 4.39 Å². The Morgan fingerprint density at radius 1 is 1.23 bits per heavy atom. The molecular weight excluding hydrogens is 191 g/mol. The van der Waals surface area contributed by atoms with E-state index in [0.717, 1.165) is 5.56 Å². The maximum Gasteiger partial charge on any atom is 0.154 e. The molecule has 0 aromatic heterocycles. The Morgan fingerprint density at radius 2 is 2.00 bits per heavy atom. The van der Waals surface area contributed by atoms with Crippen molar-refractivity contribution in [3.63, 3.8) is 0 Å². The molecule has 0 bridgehead atoms. The molecule has 70 valence electrons. The van der Waals surface area contributed by atoms with E-state index < -0.39 is 9.84 Å². The molecule has 13 heavy (non-hydrogen) atoms. The van der Waals surface area contributed by atoms with Crippen molar-refractivity contribution in [3.05, 3.63) is 35.1 Å². The number of sulfone groups is 1. The highest BCUT2D eigenvalue weighted by Crippen LogP contribution is 2.21. The summed E-state index contributed by atoms with van der Waals surface area (Å²) in [5.41, 5.74) is 1.57. The van der Waals surface area contributed by atoms with Gasteiger partial charge in [0, 0.05) is 0 Å². The average molecular weight is 200 g/mol. The lowest BCUT2D eigenvalue weighted by atomic mass is 10.1. The van der Waals surface area contributed by atoms with Gasteiger partial charge in [-0.3, -0.25) is 0 Å². The number of rotatable bonds is 0. The molecule has 1 heterocycles. The van der Waals surface area contributed by atoms with E-state index in [1.54, 1.807) is 6.07 Å². The summed E-state index contributed by atoms with van der Waals surface area (Å²) in [6.45, 7) is 0. The average Bonchev–Trinajstić information content (AvgIpc) is 2.01. The van der Waals surface area contributed by atoms with Crippen LogP contribution in [0.15, 0.2) is 18.2 Å². The first kappa shape index (κ1) is 8.69. The fraction of sp³-hybridized carbons (Fsp3) is 0.333. The Kier molecular flexibility index (Phi) is 1.87. The maximum absolute atomic E-state index is 12.8. The summed E-state index contributed by atoms with van der Waals surface area (Å²) in [5, 5.41) is 0. The second-order valence-corrected chi connectivity index (χ2v) is 5.44. The van der Waals surface area contributed by atoms with Gasteiger partial charge in [0.25, 0.3) is 0 Å². The molecule has 0 atom stereocenters. The molecule has 0 saturated heterocycles. The SMILES string of the molecule is O=S1(=O)CCc2ccc(F)cc2C1. The van der Waals surface area contributed by atoms with Crippen LogP contribution in [0.5, 0.6) is 0 Å². The summed E-state index contributed by atoms with van der Waals surface area (Å²) in [7, 11) is -2.98. The number of hydrogen-bond acceptors (Lipinski definition) is 2. The van der Waals surface area contributed by atoms with Gasteiger partial charge in [-0.2, -0.15) is 0 Å². The van der Waals surface area contributed by atoms with E-state index in [4.69, 9.17) is 0 Å². The number of aryl methyl sites for hydroxylation is 1. The zero-order valence-electron chi connectivity index (χ0n) is 6.96. The third-order valence-electron chi connectivity index (χ3n) is 2.23. The van der Waals surface area contributed by atoms with E-state index in [9.17, 15) is 12.8 Å². The zero-order valence-corrected chi connectivity index (χ0v) is 7.77. The summed E-state index contributed by atoms with van der Waals surface area (Å²) in [6, 6.07) is 4.35. The zero-order chi connectivity index (χ0) is 9.47. The molecule has 2 nitrogen and oxygen atoms in total. The topological polar surface area (TPSA) is 34.1 Å². The lowest BCUT2D eigenvalue weighted by Gasteiger charge is -2.15. The summed E-state index contributed by atoms with van der Waals surface area (Å²) in [6.07, 6.45) is 0.512. The minimum absolute atomic E-state index is 0.0138. The highest BCUT2D eigenvalue weighted by molar-refractivity contribution is 7.90. The Labute approximate surface area is 76.3 Å². The molecule has 0 N–H and O–H groups in total. The van der Waals surface area contributed by atoms with Crippen LogP contribution in [0.25, 0.3) is 0 Å². The normalized spacial score (nSPS) is 19.5. The molecular formula is C9H9FO2S. The van der Waals surface area contributed by atoms with E-state index >= 15 is 0 Å². The van der Waals surface area contributed by atoms with Gasteiger partial charge in [-0.25, -0.2) is 12.8 Å². The molecule has 1 aliphatic rings. The van der Waals surface area contributed by atoms with Crippen LogP contribution >= 0.6 is 0 Å². The van der Waals surface area contributed by atoms with Gasteiger partial charge in [-0.15, -0.1) is 0 Å². The van der Waals surface area contributed by atoms with Crippen LogP contribution in [-0.4, -0.2) is 14.2 Å². The van der Waals surface area contributed by atoms with Crippen molar-refractivity contribution in [2.24, 2.45) is 0 Å². The van der Waals surface area contributed by atoms with Crippen molar-refractivity contribution in [1.82, 2.24) is 0 Å². The van der Waals surface area contributed by atoms with E-state index in [2.05, 4.69) is 0 Å². The summed E-state index contributed by atoms with van der Waals surface area (Å²) < 4.78 is 35.2. The van der Waals surface area contributed by atoms with E-state index in [-0.39, 0.29) is 17.3 Å². The fourth-order valence-electron chi connectivity index (χ4n) is 1.55. The maximum atomic E-state index is 12.8. The van der Waals surface area contributed by atoms with Crippen molar-refractivity contribution in [2.75, 3.05) is 5.75 Å². The first-order valence-electron chi connectivity index (χ1n) is 4.04. The smallest absolute Gasteiger partial charge is 0.154 e. The van der Waals surface area contributed by atoms with Crippen molar-refractivity contribution in [1.29, 1.82) is 0 Å². The van der Waals surface area contributed by atoms with Gasteiger partial charge in [0.05, 0.1) is 11.5 Å². The van der Waals surface area contributed by atoms with Crippen LogP contribution in [0.3, 0.4) is 0 Å². The van der Waals surface area contributed by atoms with Gasteiger partial charge in [-0.05, 0) is 29.7 Å². The van der Waals surface area contributed by atoms with Crippen molar-refractivity contribution >= 4 is 9.84 Å². The van der Waals surface area contributed by atoms with E-state index in [1.165, 1.54) is 12.1 Å². The molecule has 0 radical (unpaired) electrons. The molecule has 0 amide bonds. The van der Waals surface area contributed by atoms with Crippen LogP contribution in [-0.2, 0) is 22.0 Å². The van der Waals surface area contributed by atoms with E-state index in [1.807, 2.05) is 0 Å². The minimum atomic E-state index is -2.98. The minimum Gasteiger partial charge on any atom is -0.228 e. The van der Waals surface area contributed by atoms with Crippen molar-refractivity contribution in [3.8, 4) is 0 Å². The Balaban J connectivity index is 2.50. The Hall–Kier alpha value is -0.900. The molecule has 4 heteroatoms. The van der Waals surface area contributed by atoms with Gasteiger partial charge >= 0.3 is 0 Å². The van der Waals surface area contributed by atoms with E-state index in [0.29, 0.717) is 12.0 Å². The van der Waals surface area contributed by atoms with Gasteiger partial charge in [0.1, 0.15) is 5.82 Å². The molecule has 0 fully saturated rings. The highest BCUT2D eigenvalue weighted by Gasteiger charge is 2.21. The highest BCUT2D eigenvalue weighted by atomic mass is 32.2. The quantitative estimate of drug-likeness (QED) is 0.632. The van der Waals surface area contributed by atoms with Gasteiger partial charge in [0.2, 0.25) is 0 Å². The van der Waals surface area contributed by atoms with Crippen LogP contribution < -0.4 is 0 Å². The largest absolute Gasteiger partial charge is 0.228 e. The second-order valence-electron chi connectivity index (χ2n) is 3.26. The molecule has 1 aromatic rings. The number of fused-ring (bicyclic) bond motifs is 1. The molecule has 1 aromatic carbocycles. The molecule has 2 rings (SSSR count). The summed E-state index contributed by atoms with van der Waals surface area (Å²) in [5.74, 6) is -0.193. The van der Waals surface area contributed by atoms with Crippen LogP contribution in [0.1, 0.15) is 11.1 Å². The molecule has 0 spiro atoms. The molecule has 0 unspecified atom stereocenters. The molecule has 0 aliphatic carbocycles. The van der Waals surface area contributed by atoms with Gasteiger partial charge in [-0.1, -0.05) is 6.07 Å². The predicted octanol–water partition coefficient (Wildman–Crippen LogP) is 1.30. The first-order valence-corrected chi connectivity index (χ1v) is 5.87. The van der Waals surface area contributed by atoms with Crippen LogP contribution in [0.2, 0.25) is 0 Å². The number of hydrogen-bond donors (Lipinski definition) is 0. The third-order valence-corrected chi connectivity index (χ3v) is 3.80. The number of halogens is 1. The molecule has 0 saturated carbocycles. The van der Waals surface area contributed by atoms with Gasteiger partial charge < -0.3 is 0 Å². The van der Waals surface area contributed by atoms with Crippen molar-refractivity contribution < 1.29 is 12.8 Å². The Bertz CT molecular complexity index is 437. The fourth-order valence-corrected chi connectivity index (χ4v) is 2.97. The predicted molar refractivity (Wildman–Crippen MR) is 47.6 cm³/mol.